The minimum atomic E-state index is -0.232. The van der Waals surface area contributed by atoms with Crippen molar-refractivity contribution in [1.82, 2.24) is 5.32 Å². The molecule has 0 unspecified atom stereocenters. The van der Waals surface area contributed by atoms with E-state index in [1.807, 2.05) is 48.5 Å². The molecule has 0 saturated carbocycles. The zero-order valence-electron chi connectivity index (χ0n) is 16.5. The van der Waals surface area contributed by atoms with E-state index < -0.39 is 0 Å². The molecule has 3 aromatic carbocycles. The third-order valence-electron chi connectivity index (χ3n) is 4.95. The van der Waals surface area contributed by atoms with Crippen molar-refractivity contribution in [2.75, 3.05) is 0 Å². The highest BCUT2D eigenvalue weighted by atomic mass is 16.1. The second kappa shape index (κ2) is 9.70. The molecule has 0 aliphatic rings. The van der Waals surface area contributed by atoms with Crippen molar-refractivity contribution in [3.63, 3.8) is 0 Å². The zero-order valence-corrected chi connectivity index (χ0v) is 16.5. The fourth-order valence-corrected chi connectivity index (χ4v) is 3.30. The molecule has 0 bridgehead atoms. The molecule has 142 valence electrons. The molecule has 0 aliphatic heterocycles. The molecule has 1 N–H and O–H groups in total. The molecule has 3 aromatic rings. The van der Waals surface area contributed by atoms with E-state index in [9.17, 15) is 4.79 Å². The highest BCUT2D eigenvalue weighted by Crippen LogP contribution is 2.27. The topological polar surface area (TPSA) is 29.1 Å². The SMILES string of the molecule is Cc1ccc([C@H](C(=O)NCc2ccccc2)[C@@H](C)/C=C/c2ccccc2)cc1. The van der Waals surface area contributed by atoms with Gasteiger partial charge in [-0.05, 0) is 29.5 Å². The molecule has 0 radical (unpaired) electrons. The largest absolute Gasteiger partial charge is 0.351 e. The predicted octanol–water partition coefficient (Wildman–Crippen LogP) is 5.74. The highest BCUT2D eigenvalue weighted by molar-refractivity contribution is 5.84. The maximum atomic E-state index is 13.1. The van der Waals surface area contributed by atoms with Crippen molar-refractivity contribution in [3.8, 4) is 0 Å². The molecule has 2 nitrogen and oxygen atoms in total. The monoisotopic (exact) mass is 369 g/mol. The Morgan fingerprint density at radius 2 is 1.50 bits per heavy atom. The summed E-state index contributed by atoms with van der Waals surface area (Å²) >= 11 is 0. The first-order valence-corrected chi connectivity index (χ1v) is 9.75. The van der Waals surface area contributed by atoms with Crippen molar-refractivity contribution >= 4 is 12.0 Å². The van der Waals surface area contributed by atoms with Crippen LogP contribution in [0, 0.1) is 12.8 Å². The van der Waals surface area contributed by atoms with Gasteiger partial charge in [0.2, 0.25) is 5.91 Å². The molecule has 2 heteroatoms. The minimum Gasteiger partial charge on any atom is -0.351 e. The van der Waals surface area contributed by atoms with Crippen LogP contribution in [-0.2, 0) is 11.3 Å². The minimum absolute atomic E-state index is 0.0536. The van der Waals surface area contributed by atoms with Gasteiger partial charge in [-0.3, -0.25) is 4.79 Å². The predicted molar refractivity (Wildman–Crippen MR) is 117 cm³/mol. The summed E-state index contributed by atoms with van der Waals surface area (Å²) in [6.07, 6.45) is 4.22. The van der Waals surface area contributed by atoms with Crippen LogP contribution in [0.25, 0.3) is 6.08 Å². The normalized spacial score (nSPS) is 13.2. The van der Waals surface area contributed by atoms with Gasteiger partial charge in [-0.2, -0.15) is 0 Å². The lowest BCUT2D eigenvalue weighted by molar-refractivity contribution is -0.123. The highest BCUT2D eigenvalue weighted by Gasteiger charge is 2.25. The first kappa shape index (κ1) is 19.6. The Balaban J connectivity index is 1.78. The first-order chi connectivity index (χ1) is 13.6. The van der Waals surface area contributed by atoms with Crippen LogP contribution in [0.15, 0.2) is 91.0 Å². The molecule has 0 saturated heterocycles. The second-order valence-corrected chi connectivity index (χ2v) is 7.22. The molecule has 0 spiro atoms. The maximum absolute atomic E-state index is 13.1. The lowest BCUT2D eigenvalue weighted by Crippen LogP contribution is -2.32. The quantitative estimate of drug-likeness (QED) is 0.565. The van der Waals surface area contributed by atoms with Gasteiger partial charge in [0, 0.05) is 6.54 Å². The summed E-state index contributed by atoms with van der Waals surface area (Å²) in [6, 6.07) is 28.5. The van der Waals surface area contributed by atoms with Gasteiger partial charge in [-0.15, -0.1) is 0 Å². The average Bonchev–Trinajstić information content (AvgIpc) is 2.74. The van der Waals surface area contributed by atoms with E-state index in [2.05, 4.69) is 67.7 Å². The Hall–Kier alpha value is -3.13. The number of aryl methyl sites for hydroxylation is 1. The summed E-state index contributed by atoms with van der Waals surface area (Å²) in [5.74, 6) is -0.110. The second-order valence-electron chi connectivity index (χ2n) is 7.22. The van der Waals surface area contributed by atoms with Gasteiger partial charge < -0.3 is 5.32 Å². The Bertz CT molecular complexity index is 898. The van der Waals surface area contributed by atoms with E-state index in [4.69, 9.17) is 0 Å². The van der Waals surface area contributed by atoms with Crippen molar-refractivity contribution in [2.24, 2.45) is 5.92 Å². The van der Waals surface area contributed by atoms with Crippen LogP contribution in [0.1, 0.15) is 35.1 Å². The molecule has 0 fully saturated rings. The Morgan fingerprint density at radius 3 is 2.14 bits per heavy atom. The van der Waals surface area contributed by atoms with Crippen LogP contribution >= 0.6 is 0 Å². The number of hydrogen-bond acceptors (Lipinski definition) is 1. The van der Waals surface area contributed by atoms with E-state index in [0.717, 1.165) is 16.7 Å². The first-order valence-electron chi connectivity index (χ1n) is 9.75. The lowest BCUT2D eigenvalue weighted by atomic mass is 9.85. The number of amides is 1. The molecule has 1 amide bonds. The van der Waals surface area contributed by atoms with Gasteiger partial charge in [-0.1, -0.05) is 110 Å². The van der Waals surface area contributed by atoms with Crippen LogP contribution in [0.2, 0.25) is 0 Å². The number of allylic oxidation sites excluding steroid dienone is 1. The molecule has 3 rings (SSSR count). The van der Waals surface area contributed by atoms with E-state index in [-0.39, 0.29) is 17.7 Å². The van der Waals surface area contributed by atoms with Crippen molar-refractivity contribution < 1.29 is 4.79 Å². The van der Waals surface area contributed by atoms with Gasteiger partial charge in [0.15, 0.2) is 0 Å². The summed E-state index contributed by atoms with van der Waals surface area (Å²) in [5.41, 5.74) is 4.48. The molecule has 28 heavy (non-hydrogen) atoms. The molecule has 0 aliphatic carbocycles. The van der Waals surface area contributed by atoms with E-state index in [1.165, 1.54) is 5.56 Å². The summed E-state index contributed by atoms with van der Waals surface area (Å²) in [7, 11) is 0. The van der Waals surface area contributed by atoms with Gasteiger partial charge in [0.25, 0.3) is 0 Å². The van der Waals surface area contributed by atoms with E-state index in [1.54, 1.807) is 0 Å². The number of carbonyl (C=O) groups is 1. The summed E-state index contributed by atoms with van der Waals surface area (Å²) in [5, 5.41) is 3.12. The van der Waals surface area contributed by atoms with Gasteiger partial charge in [0.1, 0.15) is 0 Å². The van der Waals surface area contributed by atoms with Gasteiger partial charge in [-0.25, -0.2) is 0 Å². The number of nitrogens with one attached hydrogen (secondary N) is 1. The fraction of sp³-hybridized carbons (Fsp3) is 0.192. The fourth-order valence-electron chi connectivity index (χ4n) is 3.30. The number of benzene rings is 3. The Morgan fingerprint density at radius 1 is 0.893 bits per heavy atom. The van der Waals surface area contributed by atoms with E-state index in [0.29, 0.717) is 6.54 Å². The van der Waals surface area contributed by atoms with Crippen LogP contribution in [0.4, 0.5) is 0 Å². The third-order valence-corrected chi connectivity index (χ3v) is 4.95. The van der Waals surface area contributed by atoms with Crippen molar-refractivity contribution in [2.45, 2.75) is 26.3 Å². The maximum Gasteiger partial charge on any atom is 0.228 e. The van der Waals surface area contributed by atoms with Crippen LogP contribution < -0.4 is 5.32 Å². The van der Waals surface area contributed by atoms with Crippen LogP contribution in [-0.4, -0.2) is 5.91 Å². The molecular weight excluding hydrogens is 342 g/mol. The number of rotatable bonds is 7. The van der Waals surface area contributed by atoms with Crippen LogP contribution in [0.5, 0.6) is 0 Å². The van der Waals surface area contributed by atoms with Crippen LogP contribution in [0.3, 0.4) is 0 Å². The number of hydrogen-bond donors (Lipinski definition) is 1. The third kappa shape index (κ3) is 5.43. The molecule has 2 atom stereocenters. The summed E-state index contributed by atoms with van der Waals surface area (Å²) in [6.45, 7) is 4.70. The zero-order chi connectivity index (χ0) is 19.8. The van der Waals surface area contributed by atoms with Gasteiger partial charge >= 0.3 is 0 Å². The van der Waals surface area contributed by atoms with E-state index >= 15 is 0 Å². The standard InChI is InChI=1S/C26H27NO/c1-20-13-17-24(18-14-20)25(21(2)15-16-22-9-5-3-6-10-22)26(28)27-19-23-11-7-4-8-12-23/h3-18,21,25H,19H2,1-2H3,(H,27,28)/b16-15+/t21-,25+/m0/s1. The average molecular weight is 370 g/mol. The lowest BCUT2D eigenvalue weighted by Gasteiger charge is -2.22. The molecular formula is C26H27NO. The summed E-state index contributed by atoms with van der Waals surface area (Å²) < 4.78 is 0. The van der Waals surface area contributed by atoms with Crippen molar-refractivity contribution in [3.05, 3.63) is 113 Å². The molecule has 0 heterocycles. The number of carbonyl (C=O) groups excluding carboxylic acids is 1. The Kier molecular flexibility index (Phi) is 6.80. The Labute approximate surface area is 167 Å². The summed E-state index contributed by atoms with van der Waals surface area (Å²) in [4.78, 5) is 13.1. The smallest absolute Gasteiger partial charge is 0.228 e. The van der Waals surface area contributed by atoms with Gasteiger partial charge in [0.05, 0.1) is 5.92 Å². The molecule has 0 aromatic heterocycles. The van der Waals surface area contributed by atoms with Crippen molar-refractivity contribution in [1.29, 1.82) is 0 Å².